The molecule has 3 aromatic heterocycles. The molecule has 146 valence electrons. The van der Waals surface area contributed by atoms with Gasteiger partial charge < -0.3 is 4.74 Å². The summed E-state index contributed by atoms with van der Waals surface area (Å²) < 4.78 is 7.08. The van der Waals surface area contributed by atoms with Crippen molar-refractivity contribution in [3.05, 3.63) is 41.7 Å². The van der Waals surface area contributed by atoms with Crippen molar-refractivity contribution in [3.63, 3.8) is 0 Å². The van der Waals surface area contributed by atoms with Crippen molar-refractivity contribution in [3.8, 4) is 5.88 Å². The van der Waals surface area contributed by atoms with E-state index in [9.17, 15) is 0 Å². The van der Waals surface area contributed by atoms with Gasteiger partial charge in [-0.25, -0.2) is 9.97 Å². The highest BCUT2D eigenvalue weighted by Crippen LogP contribution is 2.34. The second-order valence-electron chi connectivity index (χ2n) is 7.79. The van der Waals surface area contributed by atoms with Crippen LogP contribution in [-0.2, 0) is 6.54 Å². The highest BCUT2D eigenvalue weighted by atomic mass is 16.5. The number of hydrogen-bond acceptors (Lipinski definition) is 7. The van der Waals surface area contributed by atoms with Crippen molar-refractivity contribution in [2.75, 3.05) is 20.2 Å². The SMILES string of the molecule is COc1ccc2nnc(C3CCN(Cc4ccnc(C5CCC5)n4)CC3)n2n1. The van der Waals surface area contributed by atoms with Crippen molar-refractivity contribution in [1.29, 1.82) is 0 Å². The summed E-state index contributed by atoms with van der Waals surface area (Å²) in [6, 6.07) is 5.76. The van der Waals surface area contributed by atoms with Crippen molar-refractivity contribution >= 4 is 5.65 Å². The number of piperidine rings is 1. The molecule has 28 heavy (non-hydrogen) atoms. The third-order valence-electron chi connectivity index (χ3n) is 6.01. The third-order valence-corrected chi connectivity index (χ3v) is 6.01. The van der Waals surface area contributed by atoms with Crippen LogP contribution in [-0.4, -0.2) is 54.9 Å². The Bertz CT molecular complexity index is 960. The largest absolute Gasteiger partial charge is 0.480 e. The molecular weight excluding hydrogens is 354 g/mol. The molecule has 1 aliphatic carbocycles. The van der Waals surface area contributed by atoms with Gasteiger partial charge in [0.25, 0.3) is 0 Å². The van der Waals surface area contributed by atoms with Crippen LogP contribution >= 0.6 is 0 Å². The van der Waals surface area contributed by atoms with Gasteiger partial charge in [-0.15, -0.1) is 15.3 Å². The molecule has 0 radical (unpaired) electrons. The summed E-state index contributed by atoms with van der Waals surface area (Å²) in [5.41, 5.74) is 1.90. The number of ether oxygens (including phenoxy) is 1. The Morgan fingerprint density at radius 2 is 1.89 bits per heavy atom. The van der Waals surface area contributed by atoms with Crippen LogP contribution in [0.5, 0.6) is 5.88 Å². The summed E-state index contributed by atoms with van der Waals surface area (Å²) in [7, 11) is 1.63. The van der Waals surface area contributed by atoms with Crippen molar-refractivity contribution < 1.29 is 4.74 Å². The van der Waals surface area contributed by atoms with Crippen LogP contribution in [0.4, 0.5) is 0 Å². The molecule has 2 fully saturated rings. The molecule has 0 unspecified atom stereocenters. The third kappa shape index (κ3) is 3.32. The van der Waals surface area contributed by atoms with Crippen molar-refractivity contribution in [2.24, 2.45) is 0 Å². The lowest BCUT2D eigenvalue weighted by Gasteiger charge is -2.31. The monoisotopic (exact) mass is 379 g/mol. The maximum absolute atomic E-state index is 5.25. The molecule has 8 heteroatoms. The van der Waals surface area contributed by atoms with E-state index in [1.54, 1.807) is 7.11 Å². The number of methoxy groups -OCH3 is 1. The molecule has 4 heterocycles. The lowest BCUT2D eigenvalue weighted by Crippen LogP contribution is -2.33. The Morgan fingerprint density at radius 1 is 1.04 bits per heavy atom. The highest BCUT2D eigenvalue weighted by Gasteiger charge is 2.26. The maximum atomic E-state index is 5.25. The molecule has 0 N–H and O–H groups in total. The Morgan fingerprint density at radius 3 is 2.64 bits per heavy atom. The van der Waals surface area contributed by atoms with E-state index < -0.39 is 0 Å². The Kier molecular flexibility index (Phi) is 4.64. The lowest BCUT2D eigenvalue weighted by molar-refractivity contribution is 0.198. The number of nitrogens with zero attached hydrogens (tertiary/aromatic N) is 7. The molecule has 1 saturated carbocycles. The summed E-state index contributed by atoms with van der Waals surface area (Å²) in [6.07, 6.45) is 7.79. The number of aromatic nitrogens is 6. The van der Waals surface area contributed by atoms with Crippen LogP contribution in [0.15, 0.2) is 24.4 Å². The molecule has 1 aliphatic heterocycles. The van der Waals surface area contributed by atoms with E-state index in [1.807, 2.05) is 22.8 Å². The Balaban J connectivity index is 1.24. The lowest BCUT2D eigenvalue weighted by atomic mass is 9.85. The number of rotatable bonds is 5. The smallest absolute Gasteiger partial charge is 0.231 e. The van der Waals surface area contributed by atoms with E-state index in [1.165, 1.54) is 19.3 Å². The van der Waals surface area contributed by atoms with E-state index >= 15 is 0 Å². The molecular formula is C20H25N7O. The zero-order chi connectivity index (χ0) is 18.9. The van der Waals surface area contributed by atoms with E-state index in [0.29, 0.717) is 17.7 Å². The summed E-state index contributed by atoms with van der Waals surface area (Å²) in [6.45, 7) is 2.93. The number of likely N-dealkylation sites (tertiary alicyclic amines) is 1. The van der Waals surface area contributed by atoms with Gasteiger partial charge in [-0.05, 0) is 50.9 Å². The molecule has 0 atom stereocenters. The van der Waals surface area contributed by atoms with E-state index in [0.717, 1.165) is 55.5 Å². The summed E-state index contributed by atoms with van der Waals surface area (Å²) >= 11 is 0. The average molecular weight is 379 g/mol. The van der Waals surface area contributed by atoms with Gasteiger partial charge in [0, 0.05) is 30.6 Å². The fourth-order valence-electron chi connectivity index (χ4n) is 4.09. The van der Waals surface area contributed by atoms with Crippen molar-refractivity contribution in [1.82, 2.24) is 34.7 Å². The molecule has 0 bridgehead atoms. The molecule has 0 amide bonds. The average Bonchev–Trinajstić information content (AvgIpc) is 3.11. The Labute approximate surface area is 164 Å². The number of hydrogen-bond donors (Lipinski definition) is 0. The van der Waals surface area contributed by atoms with Crippen LogP contribution in [0.1, 0.15) is 61.3 Å². The first-order valence-electron chi connectivity index (χ1n) is 10.1. The number of fused-ring (bicyclic) bond motifs is 1. The van der Waals surface area contributed by atoms with Crippen LogP contribution in [0, 0.1) is 0 Å². The van der Waals surface area contributed by atoms with E-state index in [2.05, 4.69) is 31.2 Å². The van der Waals surface area contributed by atoms with Crippen LogP contribution in [0.2, 0.25) is 0 Å². The van der Waals surface area contributed by atoms with Gasteiger partial charge in [0.05, 0.1) is 12.8 Å². The first kappa shape index (κ1) is 17.5. The van der Waals surface area contributed by atoms with Gasteiger partial charge in [-0.3, -0.25) is 4.90 Å². The second kappa shape index (κ2) is 7.43. The van der Waals surface area contributed by atoms with Crippen LogP contribution < -0.4 is 4.74 Å². The molecule has 2 aliphatic rings. The van der Waals surface area contributed by atoms with E-state index in [4.69, 9.17) is 9.72 Å². The maximum Gasteiger partial charge on any atom is 0.231 e. The molecule has 3 aromatic rings. The molecule has 0 spiro atoms. The zero-order valence-corrected chi connectivity index (χ0v) is 16.2. The van der Waals surface area contributed by atoms with Crippen LogP contribution in [0.3, 0.4) is 0 Å². The fraction of sp³-hybridized carbons (Fsp3) is 0.550. The van der Waals surface area contributed by atoms with Crippen molar-refractivity contribution in [2.45, 2.75) is 50.5 Å². The first-order valence-corrected chi connectivity index (χ1v) is 10.1. The first-order chi connectivity index (χ1) is 13.8. The molecule has 8 nitrogen and oxygen atoms in total. The second-order valence-corrected chi connectivity index (χ2v) is 7.79. The highest BCUT2D eigenvalue weighted by molar-refractivity contribution is 5.38. The molecule has 1 saturated heterocycles. The van der Waals surface area contributed by atoms with Gasteiger partial charge >= 0.3 is 0 Å². The van der Waals surface area contributed by atoms with Gasteiger partial charge in [-0.2, -0.15) is 4.52 Å². The zero-order valence-electron chi connectivity index (χ0n) is 16.2. The summed E-state index contributed by atoms with van der Waals surface area (Å²) in [5.74, 6) is 3.49. The molecule has 5 rings (SSSR count). The van der Waals surface area contributed by atoms with Gasteiger partial charge in [0.2, 0.25) is 5.88 Å². The normalized spacial score (nSPS) is 19.0. The Hall–Kier alpha value is -2.61. The summed E-state index contributed by atoms with van der Waals surface area (Å²) in [5, 5.41) is 13.2. The van der Waals surface area contributed by atoms with Gasteiger partial charge in [0.15, 0.2) is 11.5 Å². The minimum Gasteiger partial charge on any atom is -0.480 e. The quantitative estimate of drug-likeness (QED) is 0.674. The van der Waals surface area contributed by atoms with Crippen LogP contribution in [0.25, 0.3) is 5.65 Å². The van der Waals surface area contributed by atoms with E-state index in [-0.39, 0.29) is 0 Å². The fourth-order valence-corrected chi connectivity index (χ4v) is 4.09. The topological polar surface area (TPSA) is 81.3 Å². The molecule has 0 aromatic carbocycles. The predicted octanol–water partition coefficient (Wildman–Crippen LogP) is 2.57. The summed E-state index contributed by atoms with van der Waals surface area (Å²) in [4.78, 5) is 11.8. The van der Waals surface area contributed by atoms with Gasteiger partial charge in [-0.1, -0.05) is 6.42 Å². The minimum absolute atomic E-state index is 0.363. The predicted molar refractivity (Wildman–Crippen MR) is 103 cm³/mol. The minimum atomic E-state index is 0.363. The van der Waals surface area contributed by atoms with Gasteiger partial charge in [0.1, 0.15) is 5.82 Å². The standard InChI is InChI=1S/C20H25N7O/c1-28-18-6-5-17-23-24-20(27(17)25-18)15-8-11-26(12-9-15)13-16-7-10-21-19(22-16)14-3-2-4-14/h5-7,10,14-15H,2-4,8-9,11-13H2,1H3.